The maximum absolute atomic E-state index is 13.4. The first-order valence-electron chi connectivity index (χ1n) is 11.1. The van der Waals surface area contributed by atoms with Crippen molar-refractivity contribution >= 4 is 16.8 Å². The number of rotatable bonds is 7. The normalized spacial score (nSPS) is 30.8. The lowest BCUT2D eigenvalue weighted by molar-refractivity contribution is -0.0166. The second-order valence-electron chi connectivity index (χ2n) is 9.65. The number of aromatic nitrogens is 1. The Labute approximate surface area is 166 Å². The number of nitrogens with one attached hydrogen (secondary N) is 1. The van der Waals surface area contributed by atoms with Crippen molar-refractivity contribution in [1.29, 1.82) is 0 Å². The van der Waals surface area contributed by atoms with Crippen LogP contribution in [0, 0.1) is 17.8 Å². The SMILES string of the molecule is O=C(NC12CC3CC(CC(C3)C1)C2)c1cn(CCCCCF)c2ccccc12. The average molecular weight is 383 g/mol. The molecule has 150 valence electrons. The number of nitrogens with zero attached hydrogens (tertiary/aromatic N) is 1. The van der Waals surface area contributed by atoms with Gasteiger partial charge in [0.1, 0.15) is 0 Å². The molecule has 4 aliphatic rings. The summed E-state index contributed by atoms with van der Waals surface area (Å²) in [4.78, 5) is 13.4. The lowest BCUT2D eigenvalue weighted by Crippen LogP contribution is -2.59. The predicted molar refractivity (Wildman–Crippen MR) is 110 cm³/mol. The van der Waals surface area contributed by atoms with E-state index in [0.29, 0.717) is 6.42 Å². The molecule has 0 spiro atoms. The van der Waals surface area contributed by atoms with Gasteiger partial charge in [-0.25, -0.2) is 0 Å². The van der Waals surface area contributed by atoms with Gasteiger partial charge in [0.05, 0.1) is 12.2 Å². The van der Waals surface area contributed by atoms with Gasteiger partial charge in [-0.2, -0.15) is 0 Å². The van der Waals surface area contributed by atoms with Crippen LogP contribution in [0.4, 0.5) is 4.39 Å². The molecule has 0 saturated heterocycles. The first kappa shape index (κ1) is 18.2. The molecular formula is C24H31FN2O. The van der Waals surface area contributed by atoms with Gasteiger partial charge in [-0.3, -0.25) is 9.18 Å². The summed E-state index contributed by atoms with van der Waals surface area (Å²) in [6.07, 6.45) is 12.1. The Balaban J connectivity index is 1.37. The highest BCUT2D eigenvalue weighted by molar-refractivity contribution is 6.07. The fourth-order valence-electron chi connectivity index (χ4n) is 6.74. The van der Waals surface area contributed by atoms with Crippen molar-refractivity contribution in [3.05, 3.63) is 36.0 Å². The number of para-hydroxylation sites is 1. The fourth-order valence-corrected chi connectivity index (χ4v) is 6.74. The number of aryl methyl sites for hydroxylation is 1. The van der Waals surface area contributed by atoms with Gasteiger partial charge in [0.15, 0.2) is 0 Å². The number of fused-ring (bicyclic) bond motifs is 1. The molecule has 1 amide bonds. The number of amides is 1. The van der Waals surface area contributed by atoms with E-state index in [0.717, 1.165) is 53.6 Å². The Morgan fingerprint density at radius 2 is 1.71 bits per heavy atom. The highest BCUT2D eigenvalue weighted by Gasteiger charge is 2.51. The summed E-state index contributed by atoms with van der Waals surface area (Å²) in [6.45, 7) is 0.594. The van der Waals surface area contributed by atoms with E-state index >= 15 is 0 Å². The molecule has 3 nitrogen and oxygen atoms in total. The molecule has 0 aliphatic heterocycles. The third-order valence-corrected chi connectivity index (χ3v) is 7.48. The van der Waals surface area contributed by atoms with Crippen LogP contribution >= 0.6 is 0 Å². The van der Waals surface area contributed by atoms with Crippen molar-refractivity contribution < 1.29 is 9.18 Å². The monoisotopic (exact) mass is 382 g/mol. The van der Waals surface area contributed by atoms with E-state index in [1.165, 1.54) is 38.5 Å². The molecule has 2 aromatic rings. The summed E-state index contributed by atoms with van der Waals surface area (Å²) in [5.41, 5.74) is 1.95. The number of hydrogen-bond acceptors (Lipinski definition) is 1. The second-order valence-corrected chi connectivity index (χ2v) is 9.65. The standard InChI is InChI=1S/C24H31FN2O/c25-8-4-1-5-9-27-16-21(20-6-2-3-7-22(20)27)23(28)26-24-13-17-10-18(14-24)12-19(11-17)15-24/h2-3,6-7,16-19H,1,4-5,8-15H2,(H,26,28). The van der Waals surface area contributed by atoms with Gasteiger partial charge in [0, 0.05) is 29.2 Å². The third-order valence-electron chi connectivity index (χ3n) is 7.48. The van der Waals surface area contributed by atoms with Gasteiger partial charge >= 0.3 is 0 Å². The Morgan fingerprint density at radius 1 is 1.04 bits per heavy atom. The van der Waals surface area contributed by atoms with Crippen molar-refractivity contribution in [1.82, 2.24) is 9.88 Å². The molecule has 28 heavy (non-hydrogen) atoms. The molecule has 4 bridgehead atoms. The van der Waals surface area contributed by atoms with Gasteiger partial charge in [-0.15, -0.1) is 0 Å². The van der Waals surface area contributed by atoms with Gasteiger partial charge in [-0.1, -0.05) is 18.2 Å². The quantitative estimate of drug-likeness (QED) is 0.632. The summed E-state index contributed by atoms with van der Waals surface area (Å²) in [7, 11) is 0. The van der Waals surface area contributed by atoms with Crippen molar-refractivity contribution in [2.45, 2.75) is 69.9 Å². The van der Waals surface area contributed by atoms with Crippen LogP contribution < -0.4 is 5.32 Å². The van der Waals surface area contributed by atoms with E-state index in [1.807, 2.05) is 18.3 Å². The minimum absolute atomic E-state index is 0.0379. The lowest BCUT2D eigenvalue weighted by atomic mass is 9.53. The fraction of sp³-hybridized carbons (Fsp3) is 0.625. The van der Waals surface area contributed by atoms with E-state index < -0.39 is 0 Å². The lowest BCUT2D eigenvalue weighted by Gasteiger charge is -2.56. The third kappa shape index (κ3) is 3.25. The molecular weight excluding hydrogens is 351 g/mol. The van der Waals surface area contributed by atoms with Crippen LogP contribution in [0.25, 0.3) is 10.9 Å². The number of alkyl halides is 1. The Morgan fingerprint density at radius 3 is 2.39 bits per heavy atom. The van der Waals surface area contributed by atoms with E-state index in [2.05, 4.69) is 22.0 Å². The number of benzene rings is 1. The summed E-state index contributed by atoms with van der Waals surface area (Å²) >= 11 is 0. The zero-order valence-electron chi connectivity index (χ0n) is 16.6. The number of hydrogen-bond donors (Lipinski definition) is 1. The molecule has 4 heteroatoms. The minimum atomic E-state index is -0.245. The molecule has 0 unspecified atom stereocenters. The number of carbonyl (C=O) groups excluding carboxylic acids is 1. The van der Waals surface area contributed by atoms with Crippen molar-refractivity contribution in [3.8, 4) is 0 Å². The van der Waals surface area contributed by atoms with Gasteiger partial charge < -0.3 is 9.88 Å². The molecule has 6 rings (SSSR count). The van der Waals surface area contributed by atoms with E-state index in [1.54, 1.807) is 0 Å². The Bertz CT molecular complexity index is 835. The first-order chi connectivity index (χ1) is 13.7. The number of unbranched alkanes of at least 4 members (excludes halogenated alkanes) is 2. The van der Waals surface area contributed by atoms with Crippen LogP contribution in [-0.4, -0.2) is 22.7 Å². The largest absolute Gasteiger partial charge is 0.347 e. The molecule has 4 fully saturated rings. The molecule has 1 N–H and O–H groups in total. The molecule has 1 heterocycles. The van der Waals surface area contributed by atoms with Crippen LogP contribution in [-0.2, 0) is 6.54 Å². The molecule has 0 atom stereocenters. The summed E-state index contributed by atoms with van der Waals surface area (Å²) in [5.74, 6) is 2.57. The van der Waals surface area contributed by atoms with Crippen molar-refractivity contribution in [2.24, 2.45) is 17.8 Å². The summed E-state index contributed by atoms with van der Waals surface area (Å²) < 4.78 is 14.6. The van der Waals surface area contributed by atoms with Gasteiger partial charge in [0.25, 0.3) is 5.91 Å². The summed E-state index contributed by atoms with van der Waals surface area (Å²) in [6, 6.07) is 8.19. The topological polar surface area (TPSA) is 34.0 Å². The molecule has 0 radical (unpaired) electrons. The second kappa shape index (κ2) is 7.20. The van der Waals surface area contributed by atoms with Gasteiger partial charge in [0.2, 0.25) is 0 Å². The minimum Gasteiger partial charge on any atom is -0.347 e. The first-order valence-corrected chi connectivity index (χ1v) is 11.1. The molecule has 4 saturated carbocycles. The van der Waals surface area contributed by atoms with E-state index in [4.69, 9.17) is 0 Å². The van der Waals surface area contributed by atoms with Gasteiger partial charge in [-0.05, 0) is 81.6 Å². The number of carbonyl (C=O) groups is 1. The summed E-state index contributed by atoms with van der Waals surface area (Å²) in [5, 5.41) is 4.56. The predicted octanol–water partition coefficient (Wildman–Crippen LogP) is 5.48. The average Bonchev–Trinajstić information content (AvgIpc) is 3.03. The smallest absolute Gasteiger partial charge is 0.253 e. The van der Waals surface area contributed by atoms with E-state index in [-0.39, 0.29) is 18.1 Å². The molecule has 1 aromatic heterocycles. The Hall–Kier alpha value is -1.84. The molecule has 1 aromatic carbocycles. The van der Waals surface area contributed by atoms with Crippen LogP contribution in [0.3, 0.4) is 0 Å². The van der Waals surface area contributed by atoms with Crippen LogP contribution in [0.1, 0.15) is 68.1 Å². The highest BCUT2D eigenvalue weighted by Crippen LogP contribution is 2.55. The van der Waals surface area contributed by atoms with E-state index in [9.17, 15) is 9.18 Å². The molecule has 4 aliphatic carbocycles. The Kier molecular flexibility index (Phi) is 4.68. The maximum Gasteiger partial charge on any atom is 0.253 e. The van der Waals surface area contributed by atoms with Crippen molar-refractivity contribution in [3.63, 3.8) is 0 Å². The van der Waals surface area contributed by atoms with Crippen LogP contribution in [0.15, 0.2) is 30.5 Å². The van der Waals surface area contributed by atoms with Crippen LogP contribution in [0.5, 0.6) is 0 Å². The zero-order chi connectivity index (χ0) is 19.1. The van der Waals surface area contributed by atoms with Crippen molar-refractivity contribution in [2.75, 3.05) is 6.67 Å². The highest BCUT2D eigenvalue weighted by atomic mass is 19.1. The zero-order valence-corrected chi connectivity index (χ0v) is 16.6. The number of halogens is 1. The van der Waals surface area contributed by atoms with Crippen LogP contribution in [0.2, 0.25) is 0 Å². The maximum atomic E-state index is 13.4.